The van der Waals surface area contributed by atoms with Crippen LogP contribution in [-0.2, 0) is 14.3 Å². The fourth-order valence-corrected chi connectivity index (χ4v) is 4.88. The van der Waals surface area contributed by atoms with Crippen molar-refractivity contribution in [3.05, 3.63) is 72.3 Å². The van der Waals surface area contributed by atoms with Crippen LogP contribution < -0.4 is 0 Å². The monoisotopic (exact) mass is 448 g/mol. The van der Waals surface area contributed by atoms with E-state index in [-0.39, 0.29) is 36.0 Å². The van der Waals surface area contributed by atoms with Crippen LogP contribution in [0, 0.1) is 11.8 Å². The Kier molecular flexibility index (Phi) is 7.61. The number of ether oxygens (including phenoxy) is 2. The quantitative estimate of drug-likeness (QED) is 0.319. The summed E-state index contributed by atoms with van der Waals surface area (Å²) in [7, 11) is 0. The van der Waals surface area contributed by atoms with Crippen molar-refractivity contribution in [1.29, 1.82) is 0 Å². The van der Waals surface area contributed by atoms with Crippen LogP contribution >= 0.6 is 0 Å². The van der Waals surface area contributed by atoms with Gasteiger partial charge in [-0.3, -0.25) is 4.79 Å². The highest BCUT2D eigenvalue weighted by atomic mass is 16.6. The number of hydrogen-bond donors (Lipinski definition) is 1. The summed E-state index contributed by atoms with van der Waals surface area (Å²) < 4.78 is 11.4. The highest BCUT2D eigenvalue weighted by molar-refractivity contribution is 5.90. The fourth-order valence-electron chi connectivity index (χ4n) is 4.88. The maximum atomic E-state index is 12.9. The summed E-state index contributed by atoms with van der Waals surface area (Å²) >= 11 is 0. The molecule has 33 heavy (non-hydrogen) atoms. The first-order valence-corrected chi connectivity index (χ1v) is 12.0. The first-order valence-electron chi connectivity index (χ1n) is 12.0. The minimum atomic E-state index is -0.532. The Morgan fingerprint density at radius 2 is 1.85 bits per heavy atom. The first-order chi connectivity index (χ1) is 16.0. The number of carbonyl (C=O) groups excluding carboxylic acids is 2. The molecule has 1 aliphatic heterocycles. The van der Waals surface area contributed by atoms with Gasteiger partial charge in [-0.25, -0.2) is 4.79 Å². The number of aliphatic hydroxyl groups excluding tert-OH is 1. The van der Waals surface area contributed by atoms with E-state index in [1.807, 2.05) is 48.5 Å². The van der Waals surface area contributed by atoms with Crippen molar-refractivity contribution in [1.82, 2.24) is 0 Å². The molecule has 174 valence electrons. The smallest absolute Gasteiger partial charge is 0.338 e. The van der Waals surface area contributed by atoms with E-state index >= 15 is 0 Å². The molecule has 1 heterocycles. The number of benzene rings is 2. The van der Waals surface area contributed by atoms with E-state index < -0.39 is 6.10 Å². The molecule has 2 fully saturated rings. The van der Waals surface area contributed by atoms with Crippen LogP contribution in [0.25, 0.3) is 11.1 Å². The zero-order valence-corrected chi connectivity index (χ0v) is 19.1. The summed E-state index contributed by atoms with van der Waals surface area (Å²) in [6.45, 7) is 2.13. The molecule has 1 saturated heterocycles. The lowest BCUT2D eigenvalue weighted by atomic mass is 9.91. The van der Waals surface area contributed by atoms with Gasteiger partial charge in [0.1, 0.15) is 12.2 Å². The highest BCUT2D eigenvalue weighted by Crippen LogP contribution is 2.43. The molecular formula is C28H32O5. The molecule has 0 radical (unpaired) electrons. The highest BCUT2D eigenvalue weighted by Gasteiger charge is 2.50. The maximum Gasteiger partial charge on any atom is 0.338 e. The molecule has 5 heteroatoms. The Morgan fingerprint density at radius 1 is 1.12 bits per heavy atom. The van der Waals surface area contributed by atoms with Gasteiger partial charge in [-0.05, 0) is 29.7 Å². The van der Waals surface area contributed by atoms with Crippen LogP contribution in [0.2, 0.25) is 0 Å². The molecule has 4 rings (SSSR count). The van der Waals surface area contributed by atoms with Crippen molar-refractivity contribution in [2.45, 2.75) is 63.8 Å². The van der Waals surface area contributed by atoms with Gasteiger partial charge >= 0.3 is 11.9 Å². The van der Waals surface area contributed by atoms with E-state index in [0.29, 0.717) is 24.8 Å². The van der Waals surface area contributed by atoms with Crippen molar-refractivity contribution in [3.63, 3.8) is 0 Å². The van der Waals surface area contributed by atoms with Crippen LogP contribution in [0.4, 0.5) is 0 Å². The van der Waals surface area contributed by atoms with Crippen molar-refractivity contribution >= 4 is 11.9 Å². The second kappa shape index (κ2) is 10.8. The minimum absolute atomic E-state index is 0.0187. The summed E-state index contributed by atoms with van der Waals surface area (Å²) in [5.74, 6) is -0.745. The molecule has 0 spiro atoms. The Labute approximate surface area is 195 Å². The zero-order valence-electron chi connectivity index (χ0n) is 19.1. The zero-order chi connectivity index (χ0) is 23.2. The third-order valence-corrected chi connectivity index (χ3v) is 6.70. The lowest BCUT2D eigenvalue weighted by molar-refractivity contribution is -0.141. The average Bonchev–Trinajstić information content (AvgIpc) is 3.33. The normalized spacial score (nSPS) is 25.1. The third kappa shape index (κ3) is 5.72. The molecular weight excluding hydrogens is 416 g/mol. The van der Waals surface area contributed by atoms with Gasteiger partial charge in [0.25, 0.3) is 0 Å². The number of carbonyl (C=O) groups is 2. The summed E-state index contributed by atoms with van der Waals surface area (Å²) in [6, 6.07) is 17.4. The largest absolute Gasteiger partial charge is 0.462 e. The molecule has 0 bridgehead atoms. The predicted octanol–water partition coefficient (Wildman–Crippen LogP) is 5.33. The number of aliphatic hydroxyl groups is 1. The van der Waals surface area contributed by atoms with E-state index in [1.165, 1.54) is 0 Å². The molecule has 1 aliphatic carbocycles. The van der Waals surface area contributed by atoms with Gasteiger partial charge in [0, 0.05) is 18.3 Å². The molecule has 1 N–H and O–H groups in total. The third-order valence-electron chi connectivity index (χ3n) is 6.70. The SMILES string of the molecule is CCCCCC(O)C=CC1C(OC(=O)c2ccc(-c3ccccc3)cc2)CC2OC(=O)CC21. The van der Waals surface area contributed by atoms with E-state index in [4.69, 9.17) is 9.47 Å². The van der Waals surface area contributed by atoms with Gasteiger partial charge in [0.15, 0.2) is 0 Å². The van der Waals surface area contributed by atoms with Crippen molar-refractivity contribution in [2.24, 2.45) is 11.8 Å². The topological polar surface area (TPSA) is 72.8 Å². The standard InChI is InChI=1S/C28H32O5/c1-2-3-5-10-22(29)15-16-23-24-17-27(30)32-26(24)18-25(23)33-28(31)21-13-11-20(12-14-21)19-8-6-4-7-9-19/h4,6-9,11-16,22-26,29H,2-3,5,10,17-18H2,1H3. The van der Waals surface area contributed by atoms with Crippen LogP contribution in [0.5, 0.6) is 0 Å². The Balaban J connectivity index is 1.42. The minimum Gasteiger partial charge on any atom is -0.462 e. The molecule has 5 atom stereocenters. The summed E-state index contributed by atoms with van der Waals surface area (Å²) in [6.07, 6.45) is 7.26. The second-order valence-corrected chi connectivity index (χ2v) is 9.04. The van der Waals surface area contributed by atoms with Gasteiger partial charge in [-0.1, -0.05) is 80.8 Å². The van der Waals surface area contributed by atoms with E-state index in [2.05, 4.69) is 6.92 Å². The van der Waals surface area contributed by atoms with E-state index in [1.54, 1.807) is 18.2 Å². The summed E-state index contributed by atoms with van der Waals surface area (Å²) in [4.78, 5) is 24.7. The van der Waals surface area contributed by atoms with Gasteiger partial charge in [-0.2, -0.15) is 0 Å². The average molecular weight is 449 g/mol. The molecule has 1 saturated carbocycles. The Hall–Kier alpha value is -2.92. The number of unbranched alkanes of at least 4 members (excludes halogenated alkanes) is 2. The molecule has 5 unspecified atom stereocenters. The molecule has 2 aliphatic rings. The predicted molar refractivity (Wildman–Crippen MR) is 126 cm³/mol. The second-order valence-electron chi connectivity index (χ2n) is 9.04. The van der Waals surface area contributed by atoms with Gasteiger partial charge in [0.2, 0.25) is 0 Å². The molecule has 5 nitrogen and oxygen atoms in total. The number of fused-ring (bicyclic) bond motifs is 1. The van der Waals surface area contributed by atoms with Crippen molar-refractivity contribution in [2.75, 3.05) is 0 Å². The van der Waals surface area contributed by atoms with Crippen molar-refractivity contribution in [3.8, 4) is 11.1 Å². The van der Waals surface area contributed by atoms with Crippen LogP contribution in [-0.4, -0.2) is 35.4 Å². The Morgan fingerprint density at radius 3 is 2.58 bits per heavy atom. The number of hydrogen-bond acceptors (Lipinski definition) is 5. The number of esters is 2. The fraction of sp³-hybridized carbons (Fsp3) is 0.429. The van der Waals surface area contributed by atoms with Crippen LogP contribution in [0.15, 0.2) is 66.7 Å². The lowest BCUT2D eigenvalue weighted by Gasteiger charge is -2.20. The summed E-state index contributed by atoms with van der Waals surface area (Å²) in [5.41, 5.74) is 2.61. The van der Waals surface area contributed by atoms with Gasteiger partial charge in [0.05, 0.1) is 18.1 Å². The maximum absolute atomic E-state index is 12.9. The van der Waals surface area contributed by atoms with Gasteiger partial charge in [-0.15, -0.1) is 0 Å². The van der Waals surface area contributed by atoms with Crippen molar-refractivity contribution < 1.29 is 24.2 Å². The van der Waals surface area contributed by atoms with E-state index in [0.717, 1.165) is 30.4 Å². The van der Waals surface area contributed by atoms with E-state index in [9.17, 15) is 14.7 Å². The molecule has 2 aromatic carbocycles. The van der Waals surface area contributed by atoms with Crippen LogP contribution in [0.3, 0.4) is 0 Å². The lowest BCUT2D eigenvalue weighted by Crippen LogP contribution is -2.25. The first kappa shape index (κ1) is 23.2. The molecule has 0 aromatic heterocycles. The summed E-state index contributed by atoms with van der Waals surface area (Å²) in [5, 5.41) is 10.3. The number of rotatable bonds is 9. The Bertz CT molecular complexity index is 966. The van der Waals surface area contributed by atoms with Gasteiger partial charge < -0.3 is 14.6 Å². The molecule has 0 amide bonds. The van der Waals surface area contributed by atoms with Crippen LogP contribution in [0.1, 0.15) is 55.8 Å². The molecule has 2 aromatic rings.